The maximum absolute atomic E-state index is 11.9. The maximum Gasteiger partial charge on any atom is 0.228 e. The minimum absolute atomic E-state index is 0.0701. The molecule has 0 bridgehead atoms. The van der Waals surface area contributed by atoms with Crippen molar-refractivity contribution in [3.63, 3.8) is 0 Å². The first-order chi connectivity index (χ1) is 10.3. The van der Waals surface area contributed by atoms with Crippen LogP contribution in [0.15, 0.2) is 42.6 Å². The number of nitrogens with one attached hydrogen (secondary N) is 2. The molecule has 21 heavy (non-hydrogen) atoms. The highest BCUT2D eigenvalue weighted by molar-refractivity contribution is 5.98. The average Bonchev–Trinajstić information content (AvgIpc) is 3.26. The number of aromatic amines is 1. The van der Waals surface area contributed by atoms with Crippen LogP contribution in [0.5, 0.6) is 0 Å². The molecule has 103 valence electrons. The van der Waals surface area contributed by atoms with E-state index in [-0.39, 0.29) is 11.8 Å². The Balaban J connectivity index is 1.80. The number of amides is 1. The van der Waals surface area contributed by atoms with Crippen molar-refractivity contribution in [1.82, 2.24) is 9.97 Å². The minimum atomic E-state index is 0.0701. The number of H-pyrrole nitrogens is 1. The molecule has 0 aliphatic heterocycles. The largest absolute Gasteiger partial charge is 0.346 e. The van der Waals surface area contributed by atoms with Crippen LogP contribution in [0.2, 0.25) is 0 Å². The number of fused-ring (bicyclic) bond motifs is 1. The van der Waals surface area contributed by atoms with Crippen molar-refractivity contribution in [2.45, 2.75) is 12.8 Å². The second kappa shape index (κ2) is 4.74. The van der Waals surface area contributed by atoms with E-state index in [4.69, 9.17) is 0 Å². The van der Waals surface area contributed by atoms with Gasteiger partial charge in [0.15, 0.2) is 0 Å². The molecule has 0 atom stereocenters. The number of nitrogens with zero attached hydrogens (tertiary/aromatic N) is 1. The molecule has 1 aliphatic rings. The van der Waals surface area contributed by atoms with Crippen LogP contribution < -0.4 is 5.32 Å². The van der Waals surface area contributed by atoms with E-state index >= 15 is 0 Å². The molecule has 1 aliphatic carbocycles. The molecule has 2 aromatic heterocycles. The van der Waals surface area contributed by atoms with E-state index in [1.54, 1.807) is 0 Å². The first-order valence-corrected chi connectivity index (χ1v) is 7.07. The van der Waals surface area contributed by atoms with Crippen molar-refractivity contribution < 1.29 is 4.79 Å². The Hall–Kier alpha value is -2.62. The maximum atomic E-state index is 11.9. The number of anilines is 1. The fraction of sp³-hybridized carbons (Fsp3) is 0.176. The van der Waals surface area contributed by atoms with Gasteiger partial charge in [-0.05, 0) is 42.2 Å². The normalized spacial score (nSPS) is 14.3. The zero-order valence-corrected chi connectivity index (χ0v) is 11.4. The van der Waals surface area contributed by atoms with Gasteiger partial charge in [-0.2, -0.15) is 0 Å². The van der Waals surface area contributed by atoms with Gasteiger partial charge in [-0.1, -0.05) is 24.3 Å². The smallest absolute Gasteiger partial charge is 0.228 e. The summed E-state index contributed by atoms with van der Waals surface area (Å²) in [7, 11) is 0. The van der Waals surface area contributed by atoms with Gasteiger partial charge in [-0.25, -0.2) is 4.98 Å². The van der Waals surface area contributed by atoms with Gasteiger partial charge >= 0.3 is 0 Å². The third-order valence-corrected chi connectivity index (χ3v) is 3.76. The van der Waals surface area contributed by atoms with Crippen LogP contribution in [0.1, 0.15) is 12.8 Å². The summed E-state index contributed by atoms with van der Waals surface area (Å²) in [6.07, 6.45) is 3.83. The molecule has 1 aromatic carbocycles. The fourth-order valence-electron chi connectivity index (χ4n) is 2.48. The SMILES string of the molecule is O=C(Nc1cc(-c2cc[c]cc2)c2cc[nH]c2n1)C1CC1. The summed E-state index contributed by atoms with van der Waals surface area (Å²) in [4.78, 5) is 19.5. The van der Waals surface area contributed by atoms with Gasteiger partial charge in [-0.15, -0.1) is 0 Å². The monoisotopic (exact) mass is 276 g/mol. The van der Waals surface area contributed by atoms with Crippen molar-refractivity contribution in [3.8, 4) is 11.1 Å². The zero-order valence-electron chi connectivity index (χ0n) is 11.4. The van der Waals surface area contributed by atoms with E-state index < -0.39 is 0 Å². The molecule has 2 heterocycles. The fourth-order valence-corrected chi connectivity index (χ4v) is 2.48. The van der Waals surface area contributed by atoms with E-state index in [2.05, 4.69) is 21.4 Å². The predicted molar refractivity (Wildman–Crippen MR) is 81.7 cm³/mol. The molecule has 0 spiro atoms. The molecule has 1 saturated carbocycles. The first-order valence-electron chi connectivity index (χ1n) is 7.07. The lowest BCUT2D eigenvalue weighted by molar-refractivity contribution is -0.117. The Kier molecular flexibility index (Phi) is 2.74. The van der Waals surface area contributed by atoms with Crippen LogP contribution in [0.3, 0.4) is 0 Å². The number of hydrogen-bond donors (Lipinski definition) is 2. The van der Waals surface area contributed by atoms with Gasteiger partial charge in [0.25, 0.3) is 0 Å². The van der Waals surface area contributed by atoms with Gasteiger partial charge in [-0.3, -0.25) is 4.79 Å². The number of rotatable bonds is 3. The summed E-state index contributed by atoms with van der Waals surface area (Å²) in [5, 5.41) is 3.96. The van der Waals surface area contributed by atoms with E-state index in [9.17, 15) is 4.79 Å². The third-order valence-electron chi connectivity index (χ3n) is 3.76. The number of pyridine rings is 1. The average molecular weight is 276 g/mol. The number of benzene rings is 1. The molecule has 0 saturated heterocycles. The zero-order chi connectivity index (χ0) is 14.2. The summed E-state index contributed by atoms with van der Waals surface area (Å²) < 4.78 is 0. The van der Waals surface area contributed by atoms with Crippen LogP contribution in [0.25, 0.3) is 22.2 Å². The van der Waals surface area contributed by atoms with Crippen LogP contribution in [-0.2, 0) is 4.79 Å². The molecule has 1 fully saturated rings. The summed E-state index contributed by atoms with van der Waals surface area (Å²) in [5.74, 6) is 0.839. The number of hydrogen-bond acceptors (Lipinski definition) is 2. The summed E-state index contributed by atoms with van der Waals surface area (Å²) in [6, 6.07) is 14.7. The Bertz CT molecular complexity index is 803. The van der Waals surface area contributed by atoms with Crippen molar-refractivity contribution in [1.29, 1.82) is 0 Å². The number of aromatic nitrogens is 2. The summed E-state index contributed by atoms with van der Waals surface area (Å²) >= 11 is 0. The van der Waals surface area contributed by atoms with Gasteiger partial charge in [0, 0.05) is 17.5 Å². The Labute approximate surface area is 122 Å². The molecule has 4 rings (SSSR count). The van der Waals surface area contributed by atoms with E-state index in [0.29, 0.717) is 5.82 Å². The van der Waals surface area contributed by atoms with Gasteiger partial charge in [0.05, 0.1) is 0 Å². The van der Waals surface area contributed by atoms with Crippen molar-refractivity contribution >= 4 is 22.8 Å². The van der Waals surface area contributed by atoms with E-state index in [0.717, 1.165) is 35.0 Å². The molecule has 4 heteroatoms. The van der Waals surface area contributed by atoms with Crippen LogP contribution in [0, 0.1) is 12.0 Å². The lowest BCUT2D eigenvalue weighted by Gasteiger charge is -2.08. The molecular formula is C17H14N3O. The lowest BCUT2D eigenvalue weighted by Crippen LogP contribution is -2.14. The van der Waals surface area contributed by atoms with Crippen molar-refractivity contribution in [2.24, 2.45) is 5.92 Å². The van der Waals surface area contributed by atoms with Crippen molar-refractivity contribution in [2.75, 3.05) is 5.32 Å². The molecule has 2 N–H and O–H groups in total. The first kappa shape index (κ1) is 12.1. The quantitative estimate of drug-likeness (QED) is 0.770. The highest BCUT2D eigenvalue weighted by Gasteiger charge is 2.30. The van der Waals surface area contributed by atoms with Crippen LogP contribution in [-0.4, -0.2) is 15.9 Å². The second-order valence-corrected chi connectivity index (χ2v) is 5.35. The third kappa shape index (κ3) is 2.29. The highest BCUT2D eigenvalue weighted by atomic mass is 16.2. The van der Waals surface area contributed by atoms with E-state index in [1.165, 1.54) is 0 Å². The Morgan fingerprint density at radius 1 is 1.29 bits per heavy atom. The molecule has 0 unspecified atom stereocenters. The number of carbonyl (C=O) groups is 1. The van der Waals surface area contributed by atoms with Crippen LogP contribution in [0.4, 0.5) is 5.82 Å². The molecule has 1 radical (unpaired) electrons. The Morgan fingerprint density at radius 3 is 2.86 bits per heavy atom. The molecule has 1 amide bonds. The standard InChI is InChI=1S/C17H14N3O/c21-17(12-6-7-12)20-15-10-14(11-4-2-1-3-5-11)13-8-9-18-16(13)19-15/h2-5,8-10,12H,6-7H2,(H2,18,19,20,21). The second-order valence-electron chi connectivity index (χ2n) is 5.35. The minimum Gasteiger partial charge on any atom is -0.346 e. The molecule has 4 nitrogen and oxygen atoms in total. The van der Waals surface area contributed by atoms with Crippen molar-refractivity contribution in [3.05, 3.63) is 48.7 Å². The Morgan fingerprint density at radius 2 is 2.10 bits per heavy atom. The lowest BCUT2D eigenvalue weighted by atomic mass is 10.0. The van der Waals surface area contributed by atoms with Gasteiger partial charge in [0.1, 0.15) is 11.5 Å². The van der Waals surface area contributed by atoms with E-state index in [1.807, 2.05) is 42.6 Å². The topological polar surface area (TPSA) is 57.8 Å². The molecule has 3 aromatic rings. The summed E-state index contributed by atoms with van der Waals surface area (Å²) in [6.45, 7) is 0. The van der Waals surface area contributed by atoms with Gasteiger partial charge < -0.3 is 10.3 Å². The molecular weight excluding hydrogens is 262 g/mol. The summed E-state index contributed by atoms with van der Waals surface area (Å²) in [5.41, 5.74) is 2.93. The van der Waals surface area contributed by atoms with Crippen LogP contribution >= 0.6 is 0 Å². The predicted octanol–water partition coefficient (Wildman–Crippen LogP) is 3.38. The number of carbonyl (C=O) groups excluding carboxylic acids is 1. The van der Waals surface area contributed by atoms with Gasteiger partial charge in [0.2, 0.25) is 5.91 Å². The highest BCUT2D eigenvalue weighted by Crippen LogP contribution is 2.32.